The van der Waals surface area contributed by atoms with Gasteiger partial charge < -0.3 is 15.3 Å². The van der Waals surface area contributed by atoms with Gasteiger partial charge in [0.2, 0.25) is 0 Å². The Morgan fingerprint density at radius 3 is 2.79 bits per heavy atom. The Morgan fingerprint density at radius 1 is 1.21 bits per heavy atom. The third-order valence-corrected chi connectivity index (χ3v) is 5.89. The van der Waals surface area contributed by atoms with Crippen LogP contribution in [0.2, 0.25) is 0 Å². The predicted octanol–water partition coefficient (Wildman–Crippen LogP) is 3.11. The summed E-state index contributed by atoms with van der Waals surface area (Å²) in [7, 11) is 0. The van der Waals surface area contributed by atoms with Gasteiger partial charge in [-0.1, -0.05) is 0 Å². The Balaban J connectivity index is 1.60. The second-order valence-electron chi connectivity index (χ2n) is 7.01. The second kappa shape index (κ2) is 8.11. The molecule has 2 aliphatic heterocycles. The Kier molecular flexibility index (Phi) is 5.55. The van der Waals surface area contributed by atoms with Gasteiger partial charge in [-0.25, -0.2) is 4.39 Å². The topological polar surface area (TPSA) is 81.7 Å². The monoisotopic (exact) mass is 507 g/mol. The lowest BCUT2D eigenvalue weighted by molar-refractivity contribution is -0.114. The SMILES string of the molecule is O=C1NC(=O)c2ccc(I)cc2/C1=C/Nc1ccc(N2CCCC2CO)c(F)c1. The summed E-state index contributed by atoms with van der Waals surface area (Å²) in [6, 6.07) is 9.94. The number of hydrogen-bond acceptors (Lipinski definition) is 5. The predicted molar refractivity (Wildman–Crippen MR) is 117 cm³/mol. The maximum absolute atomic E-state index is 14.7. The van der Waals surface area contributed by atoms with Crippen molar-refractivity contribution in [3.05, 3.63) is 63.1 Å². The first kappa shape index (κ1) is 19.8. The van der Waals surface area contributed by atoms with E-state index >= 15 is 0 Å². The number of fused-ring (bicyclic) bond motifs is 1. The number of aliphatic hydroxyl groups is 1. The molecule has 150 valence electrons. The zero-order valence-corrected chi connectivity index (χ0v) is 17.6. The summed E-state index contributed by atoms with van der Waals surface area (Å²) < 4.78 is 15.6. The highest BCUT2D eigenvalue weighted by Crippen LogP contribution is 2.30. The van der Waals surface area contributed by atoms with E-state index in [-0.39, 0.29) is 12.6 Å². The summed E-state index contributed by atoms with van der Waals surface area (Å²) in [6.45, 7) is 0.709. The summed E-state index contributed by atoms with van der Waals surface area (Å²) in [5.41, 5.74) is 2.21. The fourth-order valence-corrected chi connectivity index (χ4v) is 4.26. The Labute approximate surface area is 180 Å². The van der Waals surface area contributed by atoms with Crippen LogP contribution in [0, 0.1) is 9.39 Å². The summed E-state index contributed by atoms with van der Waals surface area (Å²) >= 11 is 2.12. The van der Waals surface area contributed by atoms with Gasteiger partial charge in [-0.3, -0.25) is 14.9 Å². The van der Waals surface area contributed by atoms with Crippen LogP contribution in [-0.4, -0.2) is 36.1 Å². The Bertz CT molecular complexity index is 1020. The molecule has 0 saturated carbocycles. The molecule has 3 N–H and O–H groups in total. The van der Waals surface area contributed by atoms with E-state index in [9.17, 15) is 19.1 Å². The molecule has 4 rings (SSSR count). The van der Waals surface area contributed by atoms with E-state index in [1.54, 1.807) is 30.3 Å². The minimum absolute atomic E-state index is 0.00240. The quantitative estimate of drug-likeness (QED) is 0.337. The average molecular weight is 507 g/mol. The van der Waals surface area contributed by atoms with Crippen LogP contribution in [0.1, 0.15) is 28.8 Å². The number of benzene rings is 2. The van der Waals surface area contributed by atoms with Gasteiger partial charge in [-0.15, -0.1) is 0 Å². The summed E-state index contributed by atoms with van der Waals surface area (Å²) in [6.07, 6.45) is 3.24. The van der Waals surface area contributed by atoms with Gasteiger partial charge in [0.15, 0.2) is 0 Å². The Hall–Kier alpha value is -2.46. The van der Waals surface area contributed by atoms with Gasteiger partial charge >= 0.3 is 0 Å². The van der Waals surface area contributed by atoms with Gasteiger partial charge in [0.05, 0.1) is 23.9 Å². The zero-order valence-electron chi connectivity index (χ0n) is 15.4. The zero-order chi connectivity index (χ0) is 20.5. The number of imide groups is 1. The minimum Gasteiger partial charge on any atom is -0.394 e. The molecule has 0 aliphatic carbocycles. The molecular weight excluding hydrogens is 488 g/mol. The first-order chi connectivity index (χ1) is 14.0. The van der Waals surface area contributed by atoms with Gasteiger partial charge in [-0.05, 0) is 71.8 Å². The lowest BCUT2D eigenvalue weighted by Gasteiger charge is -2.26. The molecule has 2 aliphatic rings. The highest BCUT2D eigenvalue weighted by molar-refractivity contribution is 14.1. The number of anilines is 2. The number of carbonyl (C=O) groups excluding carboxylic acids is 2. The summed E-state index contributed by atoms with van der Waals surface area (Å²) in [4.78, 5) is 26.2. The summed E-state index contributed by atoms with van der Waals surface area (Å²) in [5, 5.41) is 14.7. The first-order valence-corrected chi connectivity index (χ1v) is 10.3. The number of carbonyl (C=O) groups is 2. The minimum atomic E-state index is -0.503. The fraction of sp³-hybridized carbons (Fsp3) is 0.238. The van der Waals surface area contributed by atoms with Crippen LogP contribution >= 0.6 is 22.6 Å². The largest absolute Gasteiger partial charge is 0.394 e. The maximum atomic E-state index is 14.7. The van der Waals surface area contributed by atoms with E-state index < -0.39 is 17.6 Å². The normalized spacial score (nSPS) is 20.0. The number of hydrogen-bond donors (Lipinski definition) is 3. The standard InChI is InChI=1S/C21H19FIN3O3/c22-18-9-13(4-6-19(18)26-7-1-2-14(26)11-27)24-10-17-16-8-12(23)3-5-15(16)20(28)25-21(17)29/h3-6,8-10,14,24,27H,1-2,7,11H2,(H,25,28,29)/b17-10-. The molecule has 1 unspecified atom stereocenters. The van der Waals surface area contributed by atoms with E-state index in [1.165, 1.54) is 12.3 Å². The number of rotatable bonds is 4. The van der Waals surface area contributed by atoms with E-state index in [0.717, 1.165) is 16.4 Å². The average Bonchev–Trinajstić information content (AvgIpc) is 3.16. The van der Waals surface area contributed by atoms with Crippen molar-refractivity contribution >= 4 is 51.4 Å². The molecule has 1 atom stereocenters. The van der Waals surface area contributed by atoms with Gasteiger partial charge in [0, 0.05) is 33.1 Å². The van der Waals surface area contributed by atoms with E-state index in [2.05, 4.69) is 33.2 Å². The number of aliphatic hydroxyl groups excluding tert-OH is 1. The number of nitrogens with zero attached hydrogens (tertiary/aromatic N) is 1. The van der Waals surface area contributed by atoms with Crippen LogP contribution in [0.25, 0.3) is 5.57 Å². The van der Waals surface area contributed by atoms with Crippen LogP contribution in [-0.2, 0) is 4.79 Å². The van der Waals surface area contributed by atoms with E-state index in [4.69, 9.17) is 0 Å². The fourth-order valence-electron chi connectivity index (χ4n) is 3.77. The number of amides is 2. The molecule has 0 radical (unpaired) electrons. The molecule has 1 saturated heterocycles. The molecule has 6 nitrogen and oxygen atoms in total. The first-order valence-electron chi connectivity index (χ1n) is 9.27. The number of nitrogens with one attached hydrogen (secondary N) is 2. The molecule has 2 aromatic carbocycles. The van der Waals surface area contributed by atoms with Crippen molar-refractivity contribution in [2.75, 3.05) is 23.4 Å². The van der Waals surface area contributed by atoms with Crippen LogP contribution in [0.3, 0.4) is 0 Å². The smallest absolute Gasteiger partial charge is 0.260 e. The van der Waals surface area contributed by atoms with Gasteiger partial charge in [0.1, 0.15) is 5.82 Å². The molecule has 2 aromatic rings. The van der Waals surface area contributed by atoms with Crippen LogP contribution in [0.5, 0.6) is 0 Å². The molecule has 8 heteroatoms. The molecular formula is C21H19FIN3O3. The van der Waals surface area contributed by atoms with Crippen molar-refractivity contribution in [3.8, 4) is 0 Å². The second-order valence-corrected chi connectivity index (χ2v) is 8.26. The number of halogens is 2. The van der Waals surface area contributed by atoms with Crippen molar-refractivity contribution in [1.29, 1.82) is 0 Å². The van der Waals surface area contributed by atoms with Crippen molar-refractivity contribution < 1.29 is 19.1 Å². The molecule has 1 fully saturated rings. The molecule has 2 heterocycles. The van der Waals surface area contributed by atoms with Gasteiger partial charge in [0.25, 0.3) is 11.8 Å². The van der Waals surface area contributed by atoms with Crippen LogP contribution < -0.4 is 15.5 Å². The van der Waals surface area contributed by atoms with E-state index in [0.29, 0.717) is 34.6 Å². The summed E-state index contributed by atoms with van der Waals surface area (Å²) in [5.74, 6) is -1.33. The lowest BCUT2D eigenvalue weighted by Crippen LogP contribution is -2.36. The van der Waals surface area contributed by atoms with Gasteiger partial charge in [-0.2, -0.15) is 0 Å². The maximum Gasteiger partial charge on any atom is 0.260 e. The van der Waals surface area contributed by atoms with Crippen LogP contribution in [0.15, 0.2) is 42.6 Å². The van der Waals surface area contributed by atoms with Crippen molar-refractivity contribution in [2.24, 2.45) is 0 Å². The molecule has 2 amide bonds. The van der Waals surface area contributed by atoms with Crippen molar-refractivity contribution in [3.63, 3.8) is 0 Å². The van der Waals surface area contributed by atoms with Crippen LogP contribution in [0.4, 0.5) is 15.8 Å². The van der Waals surface area contributed by atoms with E-state index in [1.807, 2.05) is 4.90 Å². The third-order valence-electron chi connectivity index (χ3n) is 5.22. The highest BCUT2D eigenvalue weighted by Gasteiger charge is 2.28. The molecule has 29 heavy (non-hydrogen) atoms. The lowest BCUT2D eigenvalue weighted by atomic mass is 9.95. The highest BCUT2D eigenvalue weighted by atomic mass is 127. The molecule has 0 aromatic heterocycles. The van der Waals surface area contributed by atoms with Crippen molar-refractivity contribution in [1.82, 2.24) is 5.32 Å². The Morgan fingerprint density at radius 2 is 2.03 bits per heavy atom. The van der Waals surface area contributed by atoms with Crippen molar-refractivity contribution in [2.45, 2.75) is 18.9 Å². The molecule has 0 bridgehead atoms. The third kappa shape index (κ3) is 3.86. The molecule has 0 spiro atoms.